The molecule has 0 saturated heterocycles. The third kappa shape index (κ3) is 9.03. The number of methoxy groups -OCH3 is 1. The summed E-state index contributed by atoms with van der Waals surface area (Å²) in [5, 5.41) is 9.47. The Labute approximate surface area is 181 Å². The van der Waals surface area contributed by atoms with Gasteiger partial charge in [0, 0.05) is 38.3 Å². The number of aliphatic imine (C=N–C) groups is 1. The van der Waals surface area contributed by atoms with Gasteiger partial charge in [0.15, 0.2) is 5.96 Å². The van der Waals surface area contributed by atoms with Crippen molar-refractivity contribution in [2.24, 2.45) is 4.99 Å². The number of ether oxygens (including phenoxy) is 2. The summed E-state index contributed by atoms with van der Waals surface area (Å²) < 4.78 is 11.0. The molecular weight excluding hydrogens is 380 g/mol. The van der Waals surface area contributed by atoms with Crippen molar-refractivity contribution in [1.29, 1.82) is 0 Å². The second-order valence-electron chi connectivity index (χ2n) is 7.76. The Morgan fingerprint density at radius 3 is 2.70 bits per heavy atom. The van der Waals surface area contributed by atoms with E-state index in [2.05, 4.69) is 27.0 Å². The first-order valence-electron chi connectivity index (χ1n) is 11.1. The van der Waals surface area contributed by atoms with E-state index in [9.17, 15) is 4.79 Å². The van der Waals surface area contributed by atoms with E-state index in [-0.39, 0.29) is 12.5 Å². The van der Waals surface area contributed by atoms with Crippen LogP contribution in [0.1, 0.15) is 56.6 Å². The van der Waals surface area contributed by atoms with Gasteiger partial charge in [-0.05, 0) is 38.3 Å². The molecule has 0 radical (unpaired) electrons. The van der Waals surface area contributed by atoms with Crippen LogP contribution in [0.3, 0.4) is 0 Å². The summed E-state index contributed by atoms with van der Waals surface area (Å²) in [4.78, 5) is 16.9. The molecule has 30 heavy (non-hydrogen) atoms. The number of nitrogens with zero attached hydrogens (tertiary/aromatic N) is 1. The molecule has 1 amide bonds. The second-order valence-corrected chi connectivity index (χ2v) is 7.76. The maximum Gasteiger partial charge on any atom is 0.239 e. The third-order valence-corrected chi connectivity index (χ3v) is 5.11. The van der Waals surface area contributed by atoms with E-state index >= 15 is 0 Å². The van der Waals surface area contributed by atoms with E-state index in [0.29, 0.717) is 31.8 Å². The molecule has 0 aromatic heterocycles. The molecule has 2 rings (SSSR count). The van der Waals surface area contributed by atoms with Gasteiger partial charge in [-0.1, -0.05) is 31.4 Å². The molecule has 7 nitrogen and oxygen atoms in total. The van der Waals surface area contributed by atoms with Crippen molar-refractivity contribution in [2.45, 2.75) is 65.0 Å². The summed E-state index contributed by atoms with van der Waals surface area (Å²) in [5.74, 6) is 1.49. The van der Waals surface area contributed by atoms with Crippen LogP contribution in [0.2, 0.25) is 0 Å². The zero-order valence-corrected chi connectivity index (χ0v) is 18.8. The number of guanidine groups is 1. The van der Waals surface area contributed by atoms with Crippen molar-refractivity contribution in [3.8, 4) is 5.75 Å². The number of rotatable bonds is 11. The Hall–Kier alpha value is -2.28. The van der Waals surface area contributed by atoms with Crippen molar-refractivity contribution >= 4 is 11.9 Å². The SMILES string of the molecule is CCNC(=NCc1ccc(C)cc1OCCCOC)NCC(=O)NC1CCCCC1. The summed E-state index contributed by atoms with van der Waals surface area (Å²) in [5.41, 5.74) is 2.16. The lowest BCUT2D eigenvalue weighted by Crippen LogP contribution is -2.46. The molecule has 1 aliphatic rings. The smallest absolute Gasteiger partial charge is 0.239 e. The van der Waals surface area contributed by atoms with Crippen LogP contribution >= 0.6 is 0 Å². The van der Waals surface area contributed by atoms with Crippen LogP contribution in [0.5, 0.6) is 5.75 Å². The molecule has 0 aliphatic heterocycles. The first kappa shape index (κ1) is 24.0. The van der Waals surface area contributed by atoms with Crippen LogP contribution in [0.4, 0.5) is 0 Å². The van der Waals surface area contributed by atoms with E-state index in [4.69, 9.17) is 9.47 Å². The van der Waals surface area contributed by atoms with Gasteiger partial charge < -0.3 is 25.4 Å². The number of carbonyl (C=O) groups is 1. The lowest BCUT2D eigenvalue weighted by Gasteiger charge is -2.23. The Morgan fingerprint density at radius 2 is 1.97 bits per heavy atom. The lowest BCUT2D eigenvalue weighted by molar-refractivity contribution is -0.120. The summed E-state index contributed by atoms with van der Waals surface area (Å²) in [6, 6.07) is 6.46. The molecule has 0 spiro atoms. The summed E-state index contributed by atoms with van der Waals surface area (Å²) in [6.07, 6.45) is 6.69. The predicted octanol–water partition coefficient (Wildman–Crippen LogP) is 2.91. The van der Waals surface area contributed by atoms with Crippen molar-refractivity contribution in [2.75, 3.05) is 33.4 Å². The number of hydrogen-bond acceptors (Lipinski definition) is 4. The number of amides is 1. The number of benzene rings is 1. The van der Waals surface area contributed by atoms with Crippen molar-refractivity contribution in [3.05, 3.63) is 29.3 Å². The average molecular weight is 419 g/mol. The monoisotopic (exact) mass is 418 g/mol. The molecule has 1 aliphatic carbocycles. The van der Waals surface area contributed by atoms with E-state index in [0.717, 1.165) is 42.7 Å². The molecule has 1 fully saturated rings. The molecule has 3 N–H and O–H groups in total. The average Bonchev–Trinajstić information content (AvgIpc) is 2.75. The third-order valence-electron chi connectivity index (χ3n) is 5.11. The molecule has 0 unspecified atom stereocenters. The van der Waals surface area contributed by atoms with Gasteiger partial charge in [0.2, 0.25) is 5.91 Å². The zero-order chi connectivity index (χ0) is 21.6. The molecule has 0 heterocycles. The highest BCUT2D eigenvalue weighted by molar-refractivity contribution is 5.86. The topological polar surface area (TPSA) is 84.0 Å². The Balaban J connectivity index is 1.90. The molecule has 0 bridgehead atoms. The fourth-order valence-corrected chi connectivity index (χ4v) is 3.51. The van der Waals surface area contributed by atoms with Gasteiger partial charge in [0.05, 0.1) is 19.7 Å². The van der Waals surface area contributed by atoms with Crippen molar-refractivity contribution in [3.63, 3.8) is 0 Å². The van der Waals surface area contributed by atoms with Gasteiger partial charge in [0.25, 0.3) is 0 Å². The first-order chi connectivity index (χ1) is 14.6. The standard InChI is InChI=1S/C23H38N4O3/c1-4-24-23(26-17-22(28)27-20-9-6-5-7-10-20)25-16-19-12-11-18(2)15-21(19)30-14-8-13-29-3/h11-12,15,20H,4-10,13-14,16-17H2,1-3H3,(H,27,28)(H2,24,25,26). The van der Waals surface area contributed by atoms with Crippen LogP contribution in [0, 0.1) is 6.92 Å². The zero-order valence-electron chi connectivity index (χ0n) is 18.8. The Kier molecular flexibility index (Phi) is 11.1. The van der Waals surface area contributed by atoms with Gasteiger partial charge in [-0.3, -0.25) is 4.79 Å². The van der Waals surface area contributed by atoms with Gasteiger partial charge in [-0.15, -0.1) is 0 Å². The molecule has 1 aromatic carbocycles. The minimum Gasteiger partial charge on any atom is -0.493 e. The normalized spacial score (nSPS) is 15.0. The van der Waals surface area contributed by atoms with Gasteiger partial charge in [-0.25, -0.2) is 4.99 Å². The number of carbonyl (C=O) groups excluding carboxylic acids is 1. The largest absolute Gasteiger partial charge is 0.493 e. The van der Waals surface area contributed by atoms with Gasteiger partial charge >= 0.3 is 0 Å². The van der Waals surface area contributed by atoms with Gasteiger partial charge in [-0.2, -0.15) is 0 Å². The van der Waals surface area contributed by atoms with E-state index < -0.39 is 0 Å². The number of aryl methyl sites for hydroxylation is 1. The highest BCUT2D eigenvalue weighted by Crippen LogP contribution is 2.21. The highest BCUT2D eigenvalue weighted by Gasteiger charge is 2.15. The fraction of sp³-hybridized carbons (Fsp3) is 0.652. The molecule has 0 atom stereocenters. The van der Waals surface area contributed by atoms with Crippen LogP contribution in [0.25, 0.3) is 0 Å². The summed E-state index contributed by atoms with van der Waals surface area (Å²) in [6.45, 7) is 6.76. The van der Waals surface area contributed by atoms with E-state index in [1.165, 1.54) is 19.3 Å². The van der Waals surface area contributed by atoms with Crippen molar-refractivity contribution < 1.29 is 14.3 Å². The highest BCUT2D eigenvalue weighted by atomic mass is 16.5. The van der Waals surface area contributed by atoms with E-state index in [1.807, 2.05) is 26.0 Å². The quantitative estimate of drug-likeness (QED) is 0.292. The molecular formula is C23H38N4O3. The molecule has 1 aromatic rings. The Morgan fingerprint density at radius 1 is 1.17 bits per heavy atom. The minimum atomic E-state index is 0.0185. The number of nitrogens with one attached hydrogen (secondary N) is 3. The first-order valence-corrected chi connectivity index (χ1v) is 11.1. The van der Waals surface area contributed by atoms with E-state index in [1.54, 1.807) is 7.11 Å². The predicted molar refractivity (Wildman–Crippen MR) is 121 cm³/mol. The Bertz CT molecular complexity index is 672. The minimum absolute atomic E-state index is 0.0185. The van der Waals surface area contributed by atoms with Crippen molar-refractivity contribution in [1.82, 2.24) is 16.0 Å². The lowest BCUT2D eigenvalue weighted by atomic mass is 9.95. The van der Waals surface area contributed by atoms with Crippen LogP contribution in [0.15, 0.2) is 23.2 Å². The fourth-order valence-electron chi connectivity index (χ4n) is 3.51. The number of hydrogen-bond donors (Lipinski definition) is 3. The van der Waals surface area contributed by atoms with Crippen LogP contribution in [-0.2, 0) is 16.1 Å². The second kappa shape index (κ2) is 13.9. The molecule has 7 heteroatoms. The maximum absolute atomic E-state index is 12.3. The summed E-state index contributed by atoms with van der Waals surface area (Å²) >= 11 is 0. The van der Waals surface area contributed by atoms with Crippen LogP contribution in [-0.4, -0.2) is 51.3 Å². The summed E-state index contributed by atoms with van der Waals surface area (Å²) in [7, 11) is 1.69. The molecule has 168 valence electrons. The van der Waals surface area contributed by atoms with Gasteiger partial charge in [0.1, 0.15) is 5.75 Å². The maximum atomic E-state index is 12.3. The van der Waals surface area contributed by atoms with Crippen LogP contribution < -0.4 is 20.7 Å². The molecule has 1 saturated carbocycles.